The number of allylic oxidation sites excluding steroid dienone is 1. The molecule has 0 saturated heterocycles. The van der Waals surface area contributed by atoms with Gasteiger partial charge in [0.15, 0.2) is 11.4 Å². The van der Waals surface area contributed by atoms with E-state index in [1.54, 1.807) is 39.2 Å². The highest BCUT2D eigenvalue weighted by Crippen LogP contribution is 2.54. The number of fused-ring (bicyclic) bond motifs is 3. The Labute approximate surface area is 248 Å². The van der Waals surface area contributed by atoms with Crippen molar-refractivity contribution in [2.24, 2.45) is 22.7 Å². The first-order chi connectivity index (χ1) is 19.9. The molecule has 0 spiro atoms. The maximum Gasteiger partial charge on any atom is 0.255 e. The van der Waals surface area contributed by atoms with Crippen LogP contribution in [0.25, 0.3) is 0 Å². The number of nitroso groups, excluding NO2 is 1. The summed E-state index contributed by atoms with van der Waals surface area (Å²) in [5.74, 6) is -7.46. The average Bonchev–Trinajstić information content (AvgIpc) is 2.88. The van der Waals surface area contributed by atoms with Gasteiger partial charge in [-0.2, -0.15) is 0 Å². The maximum absolute atomic E-state index is 14.2. The number of Topliss-reactive ketones (excluding diaryl/α,β-unsaturated/α-hetero) is 2. The predicted octanol–water partition coefficient (Wildman–Crippen LogP) is 1.21. The summed E-state index contributed by atoms with van der Waals surface area (Å²) in [5.41, 5.74) is 1.45. The fraction of sp³-hybridized carbons (Fsp3) is 0.517. The van der Waals surface area contributed by atoms with Crippen LogP contribution in [0.3, 0.4) is 0 Å². The van der Waals surface area contributed by atoms with E-state index in [2.05, 4.69) is 15.8 Å². The van der Waals surface area contributed by atoms with Crippen molar-refractivity contribution < 1.29 is 34.5 Å². The number of hydrogen-bond donors (Lipinski definition) is 6. The van der Waals surface area contributed by atoms with Crippen LogP contribution in [0.1, 0.15) is 43.1 Å². The number of ketones is 2. The summed E-state index contributed by atoms with van der Waals surface area (Å²) in [7, 11) is 6.57. The summed E-state index contributed by atoms with van der Waals surface area (Å²) in [6.45, 7) is 5.54. The predicted molar refractivity (Wildman–Crippen MR) is 158 cm³/mol. The Hall–Kier alpha value is -4.14. The number of benzene rings is 1. The molecule has 1 aromatic rings. The molecule has 2 amide bonds. The smallest absolute Gasteiger partial charge is 0.255 e. The number of nitrogens with zero attached hydrogens (tertiary/aromatic N) is 3. The van der Waals surface area contributed by atoms with Gasteiger partial charge in [0.05, 0.1) is 23.8 Å². The number of nitrogens with two attached hydrogens (primary N) is 1. The number of hydrogen-bond acceptors (Lipinski definition) is 12. The lowest BCUT2D eigenvalue weighted by atomic mass is 9.58. The Bertz CT molecular complexity index is 1500. The number of likely N-dealkylation sites (N-methyl/N-ethyl adjacent to an activating group) is 1. The van der Waals surface area contributed by atoms with E-state index < -0.39 is 64.0 Å². The fourth-order valence-corrected chi connectivity index (χ4v) is 6.43. The van der Waals surface area contributed by atoms with E-state index in [9.17, 15) is 39.4 Å². The number of carbonyl (C=O) groups is 4. The zero-order chi connectivity index (χ0) is 32.3. The zero-order valence-electron chi connectivity index (χ0n) is 25.2. The molecular weight excluding hydrogens is 560 g/mol. The van der Waals surface area contributed by atoms with E-state index in [1.807, 2.05) is 20.8 Å². The van der Waals surface area contributed by atoms with Gasteiger partial charge in [-0.05, 0) is 70.4 Å². The Kier molecular flexibility index (Phi) is 8.02. The number of anilines is 2. The van der Waals surface area contributed by atoms with Crippen molar-refractivity contribution in [1.82, 2.24) is 10.2 Å². The summed E-state index contributed by atoms with van der Waals surface area (Å²) in [4.78, 5) is 68.1. The van der Waals surface area contributed by atoms with Gasteiger partial charge in [-0.25, -0.2) is 0 Å². The second-order valence-electron chi connectivity index (χ2n) is 12.7. The standard InChI is InChI=1S/C29H38N6O8/c1-28(2,3)31-11-17(36)32-15-10-16(34(4)5)13-8-12-9-14-22(35(6)7)24(38)20(27(30)41)26(40)29(14,42)25(39)18(12)23(37)19(13)21(15)33-43/h10,12,14,22,31,38-39,42H,8-9,11H2,1-7H3,(H2,30,41)(H,32,36)/t12-,14-,22?,29-/m0/s1. The van der Waals surface area contributed by atoms with Gasteiger partial charge in [-0.3, -0.25) is 24.1 Å². The Morgan fingerprint density at radius 2 is 1.79 bits per heavy atom. The third-order valence-electron chi connectivity index (χ3n) is 8.33. The van der Waals surface area contributed by atoms with Gasteiger partial charge < -0.3 is 36.6 Å². The second kappa shape index (κ2) is 10.8. The molecule has 3 aliphatic rings. The van der Waals surface area contributed by atoms with Crippen molar-refractivity contribution in [3.63, 3.8) is 0 Å². The van der Waals surface area contributed by atoms with Gasteiger partial charge >= 0.3 is 0 Å². The number of aliphatic hydroxyl groups is 3. The third kappa shape index (κ3) is 5.08. The molecule has 232 valence electrons. The van der Waals surface area contributed by atoms with E-state index in [0.717, 1.165) is 0 Å². The third-order valence-corrected chi connectivity index (χ3v) is 8.33. The van der Waals surface area contributed by atoms with Crippen LogP contribution < -0.4 is 21.3 Å². The molecule has 0 saturated carbocycles. The first-order valence-electron chi connectivity index (χ1n) is 13.8. The molecule has 1 unspecified atom stereocenters. The number of aliphatic hydroxyl groups excluding tert-OH is 2. The van der Waals surface area contributed by atoms with Crippen molar-refractivity contribution in [3.05, 3.63) is 44.8 Å². The highest BCUT2D eigenvalue weighted by molar-refractivity contribution is 6.25. The van der Waals surface area contributed by atoms with Crippen molar-refractivity contribution in [2.75, 3.05) is 45.0 Å². The quantitative estimate of drug-likeness (QED) is 0.194. The molecule has 0 radical (unpaired) electrons. The first-order valence-corrected chi connectivity index (χ1v) is 13.8. The van der Waals surface area contributed by atoms with Crippen LogP contribution in [0.15, 0.2) is 33.9 Å². The van der Waals surface area contributed by atoms with E-state index >= 15 is 0 Å². The normalized spacial score (nSPS) is 25.3. The van der Waals surface area contributed by atoms with Crippen LogP contribution >= 0.6 is 0 Å². The molecule has 14 heteroatoms. The monoisotopic (exact) mass is 598 g/mol. The Morgan fingerprint density at radius 1 is 1.16 bits per heavy atom. The van der Waals surface area contributed by atoms with Gasteiger partial charge in [-0.15, -0.1) is 4.91 Å². The molecule has 4 rings (SSSR count). The highest BCUT2D eigenvalue weighted by Gasteiger charge is 2.63. The summed E-state index contributed by atoms with van der Waals surface area (Å²) in [6, 6.07) is 0.455. The summed E-state index contributed by atoms with van der Waals surface area (Å²) in [5, 5.41) is 43.0. The van der Waals surface area contributed by atoms with Crippen molar-refractivity contribution in [2.45, 2.75) is 50.8 Å². The lowest BCUT2D eigenvalue weighted by molar-refractivity contribution is -0.148. The van der Waals surface area contributed by atoms with Crippen molar-refractivity contribution in [3.8, 4) is 0 Å². The van der Waals surface area contributed by atoms with E-state index in [-0.39, 0.29) is 47.4 Å². The molecule has 4 atom stereocenters. The van der Waals surface area contributed by atoms with Crippen LogP contribution in [0.4, 0.5) is 17.1 Å². The number of carbonyl (C=O) groups excluding carboxylic acids is 4. The van der Waals surface area contributed by atoms with Crippen LogP contribution in [0, 0.1) is 16.7 Å². The number of primary amides is 1. The summed E-state index contributed by atoms with van der Waals surface area (Å²) >= 11 is 0. The van der Waals surface area contributed by atoms with Gasteiger partial charge in [-0.1, -0.05) is 0 Å². The lowest BCUT2D eigenvalue weighted by Gasteiger charge is -2.50. The van der Waals surface area contributed by atoms with E-state index in [1.165, 1.54) is 4.90 Å². The van der Waals surface area contributed by atoms with Crippen LogP contribution in [0.5, 0.6) is 0 Å². The second-order valence-corrected chi connectivity index (χ2v) is 12.7. The Balaban J connectivity index is 1.91. The Morgan fingerprint density at radius 3 is 2.30 bits per heavy atom. The van der Waals surface area contributed by atoms with E-state index in [0.29, 0.717) is 11.3 Å². The van der Waals surface area contributed by atoms with Gasteiger partial charge in [0.25, 0.3) is 5.91 Å². The molecule has 43 heavy (non-hydrogen) atoms. The highest BCUT2D eigenvalue weighted by atomic mass is 16.3. The number of amides is 2. The summed E-state index contributed by atoms with van der Waals surface area (Å²) in [6.07, 6.45) is 0.0593. The van der Waals surface area contributed by atoms with Crippen LogP contribution in [-0.4, -0.2) is 95.5 Å². The van der Waals surface area contributed by atoms with E-state index in [4.69, 9.17) is 5.73 Å². The molecule has 0 heterocycles. The molecular formula is C29H38N6O8. The minimum atomic E-state index is -2.76. The van der Waals surface area contributed by atoms with Gasteiger partial charge in [0.2, 0.25) is 11.7 Å². The maximum atomic E-state index is 14.2. The molecule has 0 fully saturated rings. The largest absolute Gasteiger partial charge is 0.510 e. The molecule has 3 aliphatic carbocycles. The number of nitrogens with one attached hydrogen (secondary N) is 2. The van der Waals surface area contributed by atoms with Gasteiger partial charge in [0, 0.05) is 36.8 Å². The first kappa shape index (κ1) is 31.8. The van der Waals surface area contributed by atoms with Crippen molar-refractivity contribution >= 4 is 40.4 Å². The number of rotatable bonds is 7. The van der Waals surface area contributed by atoms with Crippen LogP contribution in [0.2, 0.25) is 0 Å². The fourth-order valence-electron chi connectivity index (χ4n) is 6.43. The van der Waals surface area contributed by atoms with Crippen molar-refractivity contribution in [1.29, 1.82) is 0 Å². The molecule has 0 aromatic heterocycles. The minimum Gasteiger partial charge on any atom is -0.510 e. The zero-order valence-corrected chi connectivity index (χ0v) is 25.2. The minimum absolute atomic E-state index is 0.0252. The van der Waals surface area contributed by atoms with Crippen LogP contribution in [-0.2, 0) is 20.8 Å². The van der Waals surface area contributed by atoms with Gasteiger partial charge in [0.1, 0.15) is 22.8 Å². The average molecular weight is 599 g/mol. The SMILES string of the molecule is CN(C)c1cc(NC(=O)CNC(C)(C)C)c(N=O)c2c1C[C@H]1C[C@H]3C(N(C)C)C(O)=C(C(N)=O)C(=O)[C@@]3(O)C(O)=C1C2=O. The summed E-state index contributed by atoms with van der Waals surface area (Å²) < 4.78 is 0. The molecule has 0 aliphatic heterocycles. The molecule has 7 N–H and O–H groups in total. The lowest BCUT2D eigenvalue weighted by Crippen LogP contribution is -2.63. The topological polar surface area (TPSA) is 215 Å². The molecule has 14 nitrogen and oxygen atoms in total. The molecule has 1 aromatic carbocycles. The molecule has 0 bridgehead atoms.